The molecule has 0 aromatic heterocycles. The summed E-state index contributed by atoms with van der Waals surface area (Å²) in [6.45, 7) is 5.60. The Kier molecular flexibility index (Phi) is 2.80. The lowest BCUT2D eigenvalue weighted by atomic mass is 9.91. The number of phenolic OH excluding ortho intramolecular Hbond substituents is 2. The summed E-state index contributed by atoms with van der Waals surface area (Å²) in [6.07, 6.45) is 0. The van der Waals surface area contributed by atoms with E-state index in [1.807, 2.05) is 51.1 Å². The summed E-state index contributed by atoms with van der Waals surface area (Å²) in [4.78, 5) is 0. The van der Waals surface area contributed by atoms with Crippen molar-refractivity contribution in [3.63, 3.8) is 0 Å². The maximum Gasteiger partial charge on any atom is 0.161 e. The minimum atomic E-state index is -0.0213. The zero-order valence-corrected chi connectivity index (χ0v) is 10.3. The lowest BCUT2D eigenvalue weighted by Crippen LogP contribution is -1.93. The van der Waals surface area contributed by atoms with Crippen LogP contribution in [0.5, 0.6) is 11.5 Å². The van der Waals surface area contributed by atoms with Crippen molar-refractivity contribution in [2.24, 2.45) is 0 Å². The Morgan fingerprint density at radius 1 is 0.706 bits per heavy atom. The monoisotopic (exact) mass is 228 g/mol. The van der Waals surface area contributed by atoms with Gasteiger partial charge >= 0.3 is 0 Å². The standard InChI is InChI=1S/C15H16O2/c1-9-10(2)14(16)15(17)11(3)13(9)12-7-5-4-6-8-12/h4-8,16-17H,1-3H3. The van der Waals surface area contributed by atoms with Gasteiger partial charge < -0.3 is 10.2 Å². The molecule has 0 saturated carbocycles. The van der Waals surface area contributed by atoms with Crippen LogP contribution in [0.15, 0.2) is 30.3 Å². The van der Waals surface area contributed by atoms with Crippen LogP contribution in [0.4, 0.5) is 0 Å². The van der Waals surface area contributed by atoms with Crippen LogP contribution >= 0.6 is 0 Å². The number of rotatable bonds is 1. The fraction of sp³-hybridized carbons (Fsp3) is 0.200. The largest absolute Gasteiger partial charge is 0.504 e. The van der Waals surface area contributed by atoms with Crippen LogP contribution in [0.3, 0.4) is 0 Å². The molecule has 0 saturated heterocycles. The molecule has 2 rings (SSSR count). The first kappa shape index (κ1) is 11.5. The molecular formula is C15H16O2. The molecule has 0 heterocycles. The van der Waals surface area contributed by atoms with Crippen LogP contribution in [0.1, 0.15) is 16.7 Å². The van der Waals surface area contributed by atoms with Gasteiger partial charge in [0.25, 0.3) is 0 Å². The van der Waals surface area contributed by atoms with Gasteiger partial charge in [0.1, 0.15) is 0 Å². The van der Waals surface area contributed by atoms with Gasteiger partial charge in [0.15, 0.2) is 11.5 Å². The highest BCUT2D eigenvalue weighted by Crippen LogP contribution is 2.41. The van der Waals surface area contributed by atoms with E-state index < -0.39 is 0 Å². The molecule has 0 aliphatic heterocycles. The third-order valence-corrected chi connectivity index (χ3v) is 3.31. The van der Waals surface area contributed by atoms with Gasteiger partial charge in [-0.05, 0) is 43.0 Å². The van der Waals surface area contributed by atoms with E-state index in [4.69, 9.17) is 0 Å². The zero-order chi connectivity index (χ0) is 12.6. The van der Waals surface area contributed by atoms with Crippen molar-refractivity contribution < 1.29 is 10.2 Å². The van der Waals surface area contributed by atoms with E-state index in [1.54, 1.807) is 0 Å². The molecule has 0 spiro atoms. The van der Waals surface area contributed by atoms with Crippen LogP contribution in [0.25, 0.3) is 11.1 Å². The molecular weight excluding hydrogens is 212 g/mol. The Hall–Kier alpha value is -1.96. The lowest BCUT2D eigenvalue weighted by molar-refractivity contribution is 0.398. The maximum atomic E-state index is 9.90. The van der Waals surface area contributed by atoms with E-state index in [0.717, 1.165) is 27.8 Å². The summed E-state index contributed by atoms with van der Waals surface area (Å²) in [7, 11) is 0. The second-order valence-corrected chi connectivity index (χ2v) is 4.31. The van der Waals surface area contributed by atoms with E-state index in [2.05, 4.69) is 0 Å². The topological polar surface area (TPSA) is 40.5 Å². The van der Waals surface area contributed by atoms with Crippen LogP contribution in [0.2, 0.25) is 0 Å². The average Bonchev–Trinajstić information content (AvgIpc) is 2.36. The Morgan fingerprint density at radius 3 is 1.82 bits per heavy atom. The van der Waals surface area contributed by atoms with Gasteiger partial charge in [0.2, 0.25) is 0 Å². The highest BCUT2D eigenvalue weighted by molar-refractivity contribution is 5.77. The number of benzene rings is 2. The van der Waals surface area contributed by atoms with Gasteiger partial charge in [-0.2, -0.15) is 0 Å². The first-order valence-corrected chi connectivity index (χ1v) is 5.61. The Morgan fingerprint density at radius 2 is 1.24 bits per heavy atom. The van der Waals surface area contributed by atoms with E-state index in [-0.39, 0.29) is 11.5 Å². The van der Waals surface area contributed by atoms with Crippen molar-refractivity contribution >= 4 is 0 Å². The van der Waals surface area contributed by atoms with Gasteiger partial charge in [-0.1, -0.05) is 30.3 Å². The number of aromatic hydroxyl groups is 2. The molecule has 2 aromatic rings. The van der Waals surface area contributed by atoms with E-state index in [1.165, 1.54) is 0 Å². The van der Waals surface area contributed by atoms with E-state index >= 15 is 0 Å². The predicted molar refractivity (Wildman–Crippen MR) is 69.4 cm³/mol. The highest BCUT2D eigenvalue weighted by atomic mass is 16.3. The highest BCUT2D eigenvalue weighted by Gasteiger charge is 2.16. The molecule has 0 aliphatic rings. The Bertz CT molecular complexity index is 528. The predicted octanol–water partition coefficient (Wildman–Crippen LogP) is 3.69. The van der Waals surface area contributed by atoms with E-state index in [0.29, 0.717) is 0 Å². The molecule has 2 N–H and O–H groups in total. The van der Waals surface area contributed by atoms with Crippen LogP contribution in [-0.4, -0.2) is 10.2 Å². The summed E-state index contributed by atoms with van der Waals surface area (Å²) in [5, 5.41) is 19.7. The van der Waals surface area contributed by atoms with Crippen molar-refractivity contribution in [2.75, 3.05) is 0 Å². The normalized spacial score (nSPS) is 10.5. The molecule has 2 heteroatoms. The third kappa shape index (κ3) is 1.76. The lowest BCUT2D eigenvalue weighted by Gasteiger charge is -2.16. The van der Waals surface area contributed by atoms with Crippen molar-refractivity contribution in [3.8, 4) is 22.6 Å². The molecule has 88 valence electrons. The second-order valence-electron chi connectivity index (χ2n) is 4.31. The molecule has 17 heavy (non-hydrogen) atoms. The summed E-state index contributed by atoms with van der Waals surface area (Å²) in [6, 6.07) is 9.90. The van der Waals surface area contributed by atoms with Crippen molar-refractivity contribution in [1.29, 1.82) is 0 Å². The molecule has 0 bridgehead atoms. The van der Waals surface area contributed by atoms with Crippen molar-refractivity contribution in [2.45, 2.75) is 20.8 Å². The minimum Gasteiger partial charge on any atom is -0.504 e. The second kappa shape index (κ2) is 4.13. The Labute approximate surface area is 101 Å². The molecule has 0 fully saturated rings. The summed E-state index contributed by atoms with van der Waals surface area (Å²) in [5.41, 5.74) is 4.51. The van der Waals surface area contributed by atoms with Crippen molar-refractivity contribution in [3.05, 3.63) is 47.0 Å². The van der Waals surface area contributed by atoms with Gasteiger partial charge in [0.05, 0.1) is 0 Å². The van der Waals surface area contributed by atoms with Crippen LogP contribution in [-0.2, 0) is 0 Å². The molecule has 0 unspecified atom stereocenters. The molecule has 0 atom stereocenters. The number of hydrogen-bond donors (Lipinski definition) is 2. The third-order valence-electron chi connectivity index (χ3n) is 3.31. The smallest absolute Gasteiger partial charge is 0.161 e. The molecule has 2 aromatic carbocycles. The van der Waals surface area contributed by atoms with Gasteiger partial charge in [0, 0.05) is 5.56 Å². The molecule has 0 amide bonds. The first-order chi connectivity index (χ1) is 8.04. The molecule has 2 nitrogen and oxygen atoms in total. The number of phenols is 2. The fourth-order valence-electron chi connectivity index (χ4n) is 2.16. The first-order valence-electron chi connectivity index (χ1n) is 5.61. The van der Waals surface area contributed by atoms with Crippen LogP contribution < -0.4 is 0 Å². The van der Waals surface area contributed by atoms with Gasteiger partial charge in [-0.3, -0.25) is 0 Å². The number of hydrogen-bond acceptors (Lipinski definition) is 2. The molecule has 0 radical (unpaired) electrons. The summed E-state index contributed by atoms with van der Waals surface area (Å²) >= 11 is 0. The fourth-order valence-corrected chi connectivity index (χ4v) is 2.16. The van der Waals surface area contributed by atoms with Gasteiger partial charge in [-0.25, -0.2) is 0 Å². The molecule has 0 aliphatic carbocycles. The maximum absolute atomic E-state index is 9.90. The van der Waals surface area contributed by atoms with Gasteiger partial charge in [-0.15, -0.1) is 0 Å². The van der Waals surface area contributed by atoms with E-state index in [9.17, 15) is 10.2 Å². The zero-order valence-electron chi connectivity index (χ0n) is 10.3. The average molecular weight is 228 g/mol. The Balaban J connectivity index is 2.80. The minimum absolute atomic E-state index is 0.0142. The quantitative estimate of drug-likeness (QED) is 0.731. The summed E-state index contributed by atoms with van der Waals surface area (Å²) in [5.74, 6) is -0.0355. The van der Waals surface area contributed by atoms with Crippen LogP contribution in [0, 0.1) is 20.8 Å². The summed E-state index contributed by atoms with van der Waals surface area (Å²) < 4.78 is 0. The van der Waals surface area contributed by atoms with Crippen molar-refractivity contribution in [1.82, 2.24) is 0 Å². The SMILES string of the molecule is Cc1c(C)c(-c2ccccc2)c(C)c(O)c1O.